The number of halogens is 2. The minimum absolute atomic E-state index is 0. The third-order valence-corrected chi connectivity index (χ3v) is 3.07. The number of aromatic nitrogens is 2. The van der Waals surface area contributed by atoms with Crippen molar-refractivity contribution in [3.63, 3.8) is 0 Å². The molecule has 0 aliphatic rings. The van der Waals surface area contributed by atoms with Crippen molar-refractivity contribution < 1.29 is 4.79 Å². The highest BCUT2D eigenvalue weighted by Gasteiger charge is 2.12. The summed E-state index contributed by atoms with van der Waals surface area (Å²) in [6.45, 7) is 2.27. The van der Waals surface area contributed by atoms with Gasteiger partial charge in [-0.1, -0.05) is 6.07 Å². The summed E-state index contributed by atoms with van der Waals surface area (Å²) in [7, 11) is 0. The third-order valence-electron chi connectivity index (χ3n) is 2.21. The van der Waals surface area contributed by atoms with Crippen LogP contribution in [-0.2, 0) is 0 Å². The van der Waals surface area contributed by atoms with Gasteiger partial charge in [-0.15, -0.1) is 36.2 Å². The zero-order valence-electron chi connectivity index (χ0n) is 10.8. The topological polar surface area (TPSA) is 80.9 Å². The van der Waals surface area contributed by atoms with Gasteiger partial charge in [0.1, 0.15) is 10.7 Å². The molecule has 0 saturated carbocycles. The average molecular weight is 335 g/mol. The first-order valence-corrected chi connectivity index (χ1v) is 6.45. The molecule has 0 bridgehead atoms. The number of hydrogen-bond donors (Lipinski definition) is 2. The Balaban J connectivity index is 0.00000180. The molecule has 1 amide bonds. The van der Waals surface area contributed by atoms with Gasteiger partial charge in [-0.3, -0.25) is 9.78 Å². The van der Waals surface area contributed by atoms with Gasteiger partial charge in [-0.2, -0.15) is 0 Å². The quantitative estimate of drug-likeness (QED) is 0.897. The van der Waals surface area contributed by atoms with Gasteiger partial charge < -0.3 is 11.1 Å². The number of nitrogens with zero attached hydrogens (tertiary/aromatic N) is 2. The fourth-order valence-electron chi connectivity index (χ4n) is 1.33. The first kappa shape index (κ1) is 18.8. The van der Waals surface area contributed by atoms with Crippen molar-refractivity contribution in [2.45, 2.75) is 13.0 Å². The van der Waals surface area contributed by atoms with Crippen LogP contribution in [0.5, 0.6) is 0 Å². The van der Waals surface area contributed by atoms with Crippen molar-refractivity contribution in [2.24, 2.45) is 5.73 Å². The van der Waals surface area contributed by atoms with Crippen LogP contribution in [0.1, 0.15) is 17.4 Å². The van der Waals surface area contributed by atoms with Gasteiger partial charge in [-0.05, 0) is 19.1 Å². The largest absolute Gasteiger partial charge is 0.349 e. The maximum Gasteiger partial charge on any atom is 0.270 e. The van der Waals surface area contributed by atoms with Crippen LogP contribution >= 0.6 is 36.2 Å². The molecule has 5 nitrogen and oxygen atoms in total. The molecular weight excluding hydrogens is 319 g/mol. The van der Waals surface area contributed by atoms with Crippen molar-refractivity contribution in [1.82, 2.24) is 15.3 Å². The molecule has 2 heterocycles. The Hall–Kier alpha value is -1.21. The van der Waals surface area contributed by atoms with Crippen LogP contribution in [0, 0.1) is 0 Å². The van der Waals surface area contributed by atoms with E-state index in [2.05, 4.69) is 15.3 Å². The van der Waals surface area contributed by atoms with Crippen LogP contribution in [0.2, 0.25) is 0 Å². The van der Waals surface area contributed by atoms with Gasteiger partial charge in [0, 0.05) is 24.2 Å². The molecule has 0 radical (unpaired) electrons. The summed E-state index contributed by atoms with van der Waals surface area (Å²) >= 11 is 1.40. The number of carbonyl (C=O) groups excluding carboxylic acids is 1. The van der Waals surface area contributed by atoms with Crippen LogP contribution < -0.4 is 11.1 Å². The van der Waals surface area contributed by atoms with Crippen LogP contribution in [-0.4, -0.2) is 28.5 Å². The van der Waals surface area contributed by atoms with E-state index in [0.29, 0.717) is 12.2 Å². The molecule has 3 N–H and O–H groups in total. The van der Waals surface area contributed by atoms with Gasteiger partial charge in [0.05, 0.1) is 5.69 Å². The van der Waals surface area contributed by atoms with E-state index >= 15 is 0 Å². The number of hydrogen-bond acceptors (Lipinski definition) is 5. The molecule has 110 valence electrons. The SMILES string of the molecule is CC(N)CNC(=O)c1csc(-c2ccccn2)n1.Cl.Cl. The standard InChI is InChI=1S/C12H14N4OS.2ClH/c1-8(13)6-15-11(17)10-7-18-12(16-10)9-4-2-3-5-14-9;;/h2-5,7-8H,6,13H2,1H3,(H,15,17);2*1H. The molecule has 20 heavy (non-hydrogen) atoms. The molecule has 1 atom stereocenters. The highest BCUT2D eigenvalue weighted by atomic mass is 35.5. The molecule has 0 fully saturated rings. The Morgan fingerprint density at radius 3 is 2.80 bits per heavy atom. The highest BCUT2D eigenvalue weighted by Crippen LogP contribution is 2.21. The molecule has 2 aromatic heterocycles. The Morgan fingerprint density at radius 1 is 1.45 bits per heavy atom. The number of thiazole rings is 1. The maximum atomic E-state index is 11.8. The molecule has 0 aliphatic heterocycles. The minimum Gasteiger partial charge on any atom is -0.349 e. The predicted molar refractivity (Wildman–Crippen MR) is 85.8 cm³/mol. The molecule has 0 spiro atoms. The van der Waals surface area contributed by atoms with Crippen molar-refractivity contribution in [2.75, 3.05) is 6.54 Å². The number of nitrogens with two attached hydrogens (primary N) is 1. The van der Waals surface area contributed by atoms with Crippen LogP contribution in [0.4, 0.5) is 0 Å². The lowest BCUT2D eigenvalue weighted by Gasteiger charge is -2.05. The monoisotopic (exact) mass is 334 g/mol. The Bertz CT molecular complexity index is 533. The van der Waals surface area contributed by atoms with Gasteiger partial charge >= 0.3 is 0 Å². The lowest BCUT2D eigenvalue weighted by Crippen LogP contribution is -2.35. The molecule has 0 saturated heterocycles. The van der Waals surface area contributed by atoms with Crippen molar-refractivity contribution in [3.8, 4) is 10.7 Å². The number of amides is 1. The zero-order valence-corrected chi connectivity index (χ0v) is 13.2. The summed E-state index contributed by atoms with van der Waals surface area (Å²) in [5, 5.41) is 5.18. The van der Waals surface area contributed by atoms with Gasteiger partial charge in [0.25, 0.3) is 5.91 Å². The summed E-state index contributed by atoms with van der Waals surface area (Å²) in [6, 6.07) is 5.53. The fraction of sp³-hybridized carbons (Fsp3) is 0.250. The summed E-state index contributed by atoms with van der Waals surface area (Å²) in [4.78, 5) is 20.2. The Labute approximate surface area is 133 Å². The van der Waals surface area contributed by atoms with E-state index in [9.17, 15) is 4.79 Å². The zero-order chi connectivity index (χ0) is 13.0. The van der Waals surface area contributed by atoms with Gasteiger partial charge in [0.15, 0.2) is 0 Å². The lowest BCUT2D eigenvalue weighted by atomic mass is 10.3. The van der Waals surface area contributed by atoms with E-state index in [1.165, 1.54) is 11.3 Å². The number of pyridine rings is 1. The molecule has 2 rings (SSSR count). The minimum atomic E-state index is -0.203. The van der Waals surface area contributed by atoms with Crippen molar-refractivity contribution >= 4 is 42.1 Å². The first-order chi connectivity index (χ1) is 8.66. The van der Waals surface area contributed by atoms with Gasteiger partial charge in [-0.25, -0.2) is 4.98 Å². The third kappa shape index (κ3) is 5.05. The van der Waals surface area contributed by atoms with E-state index < -0.39 is 0 Å². The van der Waals surface area contributed by atoms with E-state index in [4.69, 9.17) is 5.73 Å². The summed E-state index contributed by atoms with van der Waals surface area (Å²) in [6.07, 6.45) is 1.70. The molecule has 0 aliphatic carbocycles. The predicted octanol–water partition coefficient (Wildman–Crippen LogP) is 2.13. The smallest absolute Gasteiger partial charge is 0.270 e. The lowest BCUT2D eigenvalue weighted by molar-refractivity contribution is 0.0947. The second-order valence-corrected chi connectivity index (χ2v) is 4.80. The van der Waals surface area contributed by atoms with Crippen molar-refractivity contribution in [3.05, 3.63) is 35.5 Å². The molecule has 2 aromatic rings. The van der Waals surface area contributed by atoms with Crippen LogP contribution in [0.15, 0.2) is 29.8 Å². The number of carbonyl (C=O) groups is 1. The average Bonchev–Trinajstić information content (AvgIpc) is 2.86. The summed E-state index contributed by atoms with van der Waals surface area (Å²) < 4.78 is 0. The van der Waals surface area contributed by atoms with E-state index in [1.807, 2.05) is 25.1 Å². The molecule has 1 unspecified atom stereocenters. The second kappa shape index (κ2) is 8.86. The first-order valence-electron chi connectivity index (χ1n) is 5.57. The second-order valence-electron chi connectivity index (χ2n) is 3.94. The Morgan fingerprint density at radius 2 is 2.20 bits per heavy atom. The molecule has 0 aromatic carbocycles. The normalized spacial score (nSPS) is 10.9. The fourth-order valence-corrected chi connectivity index (χ4v) is 2.10. The highest BCUT2D eigenvalue weighted by molar-refractivity contribution is 7.13. The molecular formula is C12H16Cl2N4OS. The molecule has 8 heteroatoms. The number of rotatable bonds is 4. The summed E-state index contributed by atoms with van der Waals surface area (Å²) in [5.74, 6) is -0.203. The van der Waals surface area contributed by atoms with Crippen molar-refractivity contribution in [1.29, 1.82) is 0 Å². The van der Waals surface area contributed by atoms with E-state index in [1.54, 1.807) is 11.6 Å². The number of nitrogens with one attached hydrogen (secondary N) is 1. The summed E-state index contributed by atoms with van der Waals surface area (Å²) in [5.41, 5.74) is 6.75. The van der Waals surface area contributed by atoms with Gasteiger partial charge in [0.2, 0.25) is 0 Å². The Kier molecular flexibility index (Phi) is 8.33. The van der Waals surface area contributed by atoms with E-state index in [0.717, 1.165) is 10.7 Å². The van der Waals surface area contributed by atoms with Crippen LogP contribution in [0.25, 0.3) is 10.7 Å². The van der Waals surface area contributed by atoms with Crippen LogP contribution in [0.3, 0.4) is 0 Å². The maximum absolute atomic E-state index is 11.8. The van der Waals surface area contributed by atoms with E-state index in [-0.39, 0.29) is 36.8 Å².